The molecule has 0 aliphatic rings. The molecule has 0 aliphatic carbocycles. The van der Waals surface area contributed by atoms with Gasteiger partial charge in [-0.25, -0.2) is 9.78 Å². The molecule has 0 spiro atoms. The molecule has 0 aliphatic heterocycles. The summed E-state index contributed by atoms with van der Waals surface area (Å²) in [5.74, 6) is -0.546. The van der Waals surface area contributed by atoms with Crippen molar-refractivity contribution >= 4 is 40.1 Å². The average molecular weight is 433 g/mol. The van der Waals surface area contributed by atoms with Crippen LogP contribution >= 0.6 is 23.1 Å². The summed E-state index contributed by atoms with van der Waals surface area (Å²) in [6.45, 7) is 6.20. The Hall–Kier alpha value is -2.79. The van der Waals surface area contributed by atoms with Crippen LogP contribution in [0.1, 0.15) is 36.8 Å². The van der Waals surface area contributed by atoms with E-state index in [9.17, 15) is 9.59 Å². The predicted molar refractivity (Wildman–Crippen MR) is 111 cm³/mol. The minimum Gasteiger partial charge on any atom is -0.465 e. The highest BCUT2D eigenvalue weighted by Gasteiger charge is 2.19. The van der Waals surface area contributed by atoms with Crippen molar-refractivity contribution in [2.75, 3.05) is 18.2 Å². The van der Waals surface area contributed by atoms with E-state index in [2.05, 4.69) is 46.6 Å². The quantitative estimate of drug-likeness (QED) is 0.467. The fourth-order valence-electron chi connectivity index (χ4n) is 2.27. The van der Waals surface area contributed by atoms with Gasteiger partial charge in [0.25, 0.3) is 0 Å². The number of nitrogens with one attached hydrogen (secondary N) is 1. The molecule has 3 aromatic rings. The molecule has 29 heavy (non-hydrogen) atoms. The highest BCUT2D eigenvalue weighted by atomic mass is 32.2. The Kier molecular flexibility index (Phi) is 6.28. The van der Waals surface area contributed by atoms with Crippen molar-refractivity contribution in [1.29, 1.82) is 0 Å². The molecule has 1 aromatic carbocycles. The second-order valence-electron chi connectivity index (χ2n) is 7.04. The second kappa shape index (κ2) is 8.70. The van der Waals surface area contributed by atoms with Crippen molar-refractivity contribution < 1.29 is 14.3 Å². The van der Waals surface area contributed by atoms with Crippen molar-refractivity contribution in [3.8, 4) is 5.69 Å². The lowest BCUT2D eigenvalue weighted by atomic mass is 9.93. The summed E-state index contributed by atoms with van der Waals surface area (Å²) in [4.78, 5) is 28.5. The van der Waals surface area contributed by atoms with Gasteiger partial charge in [-0.2, -0.15) is 4.68 Å². The molecule has 152 valence electrons. The molecule has 2 aromatic heterocycles. The van der Waals surface area contributed by atoms with E-state index in [1.165, 1.54) is 34.9 Å². The largest absolute Gasteiger partial charge is 0.465 e. The smallest absolute Gasteiger partial charge is 0.337 e. The first-order chi connectivity index (χ1) is 13.8. The third-order valence-corrected chi connectivity index (χ3v) is 5.48. The van der Waals surface area contributed by atoms with E-state index < -0.39 is 5.97 Å². The summed E-state index contributed by atoms with van der Waals surface area (Å²) in [7, 11) is 1.32. The van der Waals surface area contributed by atoms with Gasteiger partial charge in [0.15, 0.2) is 5.13 Å². The summed E-state index contributed by atoms with van der Waals surface area (Å²) in [6, 6.07) is 6.73. The molecule has 1 N–H and O–H groups in total. The lowest BCUT2D eigenvalue weighted by Gasteiger charge is -2.14. The lowest BCUT2D eigenvalue weighted by Crippen LogP contribution is -2.16. The topological polar surface area (TPSA) is 112 Å². The zero-order valence-electron chi connectivity index (χ0n) is 16.4. The number of esters is 1. The maximum absolute atomic E-state index is 12.3. The van der Waals surface area contributed by atoms with E-state index in [-0.39, 0.29) is 17.1 Å². The molecule has 0 fully saturated rings. The number of rotatable bonds is 6. The van der Waals surface area contributed by atoms with Gasteiger partial charge in [0.2, 0.25) is 11.1 Å². The van der Waals surface area contributed by atoms with Crippen molar-refractivity contribution in [3.05, 3.63) is 40.9 Å². The molecule has 0 bridgehead atoms. The van der Waals surface area contributed by atoms with Crippen LogP contribution in [0.5, 0.6) is 0 Å². The van der Waals surface area contributed by atoms with E-state index in [0.717, 1.165) is 5.69 Å². The fraction of sp³-hybridized carbons (Fsp3) is 0.333. The average Bonchev–Trinajstić information content (AvgIpc) is 3.35. The number of anilines is 1. The van der Waals surface area contributed by atoms with Gasteiger partial charge >= 0.3 is 5.97 Å². The zero-order valence-corrected chi connectivity index (χ0v) is 18.0. The number of ether oxygens (including phenoxy) is 1. The number of hydrogen-bond donors (Lipinski definition) is 1. The second-order valence-corrected chi connectivity index (χ2v) is 8.84. The van der Waals surface area contributed by atoms with Crippen LogP contribution in [0.25, 0.3) is 5.69 Å². The van der Waals surface area contributed by atoms with Crippen LogP contribution in [0.3, 0.4) is 0 Å². The number of nitrogens with zero attached hydrogens (tertiary/aromatic N) is 5. The first-order valence-electron chi connectivity index (χ1n) is 8.63. The number of hydrogen-bond acceptors (Lipinski definition) is 9. The minimum atomic E-state index is -0.452. The van der Waals surface area contributed by atoms with E-state index in [4.69, 9.17) is 4.74 Å². The summed E-state index contributed by atoms with van der Waals surface area (Å²) in [5, 5.41) is 17.3. The van der Waals surface area contributed by atoms with E-state index in [0.29, 0.717) is 21.5 Å². The van der Waals surface area contributed by atoms with Crippen molar-refractivity contribution in [2.45, 2.75) is 31.3 Å². The fourth-order valence-corrected chi connectivity index (χ4v) is 3.92. The summed E-state index contributed by atoms with van der Waals surface area (Å²) in [6.07, 6.45) is 0. The van der Waals surface area contributed by atoms with Gasteiger partial charge in [-0.15, -0.1) is 16.4 Å². The van der Waals surface area contributed by atoms with Crippen LogP contribution in [-0.2, 0) is 14.9 Å². The SMILES string of the molecule is COC(=O)c1cccc(-n2nnnc2SCC(=O)Nc2nc(C(C)(C)C)cs2)c1. The Bertz CT molecular complexity index is 1020. The highest BCUT2D eigenvalue weighted by molar-refractivity contribution is 7.99. The summed E-state index contributed by atoms with van der Waals surface area (Å²) in [5.41, 5.74) is 1.83. The molecule has 0 unspecified atom stereocenters. The first kappa shape index (κ1) is 20.9. The van der Waals surface area contributed by atoms with E-state index in [1.54, 1.807) is 24.3 Å². The number of aromatic nitrogens is 5. The van der Waals surface area contributed by atoms with Crippen LogP contribution in [-0.4, -0.2) is 49.9 Å². The number of benzene rings is 1. The number of thiazole rings is 1. The van der Waals surface area contributed by atoms with Crippen molar-refractivity contribution in [1.82, 2.24) is 25.2 Å². The van der Waals surface area contributed by atoms with Gasteiger partial charge in [-0.3, -0.25) is 4.79 Å². The van der Waals surface area contributed by atoms with Crippen molar-refractivity contribution in [3.63, 3.8) is 0 Å². The van der Waals surface area contributed by atoms with Crippen molar-refractivity contribution in [2.24, 2.45) is 0 Å². The summed E-state index contributed by atoms with van der Waals surface area (Å²) < 4.78 is 6.20. The Morgan fingerprint density at radius 2 is 2.10 bits per heavy atom. The zero-order chi connectivity index (χ0) is 21.0. The van der Waals surface area contributed by atoms with E-state index >= 15 is 0 Å². The van der Waals surface area contributed by atoms with Crippen LogP contribution in [0.15, 0.2) is 34.8 Å². The molecule has 11 heteroatoms. The number of carbonyl (C=O) groups excluding carboxylic acids is 2. The Morgan fingerprint density at radius 1 is 1.31 bits per heavy atom. The normalized spacial score (nSPS) is 11.3. The number of carbonyl (C=O) groups is 2. The molecule has 2 heterocycles. The number of amides is 1. The Morgan fingerprint density at radius 3 is 2.79 bits per heavy atom. The van der Waals surface area contributed by atoms with Gasteiger partial charge < -0.3 is 10.1 Å². The van der Waals surface area contributed by atoms with Gasteiger partial charge in [0, 0.05) is 10.8 Å². The van der Waals surface area contributed by atoms with E-state index in [1.807, 2.05) is 5.38 Å². The highest BCUT2D eigenvalue weighted by Crippen LogP contribution is 2.26. The Labute approximate surface area is 175 Å². The third-order valence-electron chi connectivity index (χ3n) is 3.80. The Balaban J connectivity index is 1.65. The molecule has 0 saturated heterocycles. The van der Waals surface area contributed by atoms with Gasteiger partial charge in [0.1, 0.15) is 0 Å². The number of methoxy groups -OCH3 is 1. The number of thioether (sulfide) groups is 1. The van der Waals surface area contributed by atoms with Crippen LogP contribution < -0.4 is 5.32 Å². The molecule has 1 amide bonds. The maximum Gasteiger partial charge on any atom is 0.337 e. The number of tetrazole rings is 1. The van der Waals surface area contributed by atoms with Crippen LogP contribution in [0.4, 0.5) is 5.13 Å². The third kappa shape index (κ3) is 5.18. The standard InChI is InChI=1S/C18H20N6O3S2/c1-18(2,3)13-9-28-16(19-13)20-14(25)10-29-17-21-22-23-24(17)12-7-5-6-11(8-12)15(26)27-4/h5-9H,10H2,1-4H3,(H,19,20,25). The molecule has 0 saturated carbocycles. The summed E-state index contributed by atoms with van der Waals surface area (Å²) >= 11 is 2.58. The minimum absolute atomic E-state index is 0.0744. The molecule has 0 radical (unpaired) electrons. The first-order valence-corrected chi connectivity index (χ1v) is 10.5. The predicted octanol–water partition coefficient (Wildman–Crippen LogP) is 2.93. The molecular formula is C18H20N6O3S2. The van der Waals surface area contributed by atoms with Gasteiger partial charge in [-0.1, -0.05) is 38.6 Å². The monoisotopic (exact) mass is 432 g/mol. The van der Waals surface area contributed by atoms with Gasteiger partial charge in [-0.05, 0) is 28.6 Å². The molecule has 9 nitrogen and oxygen atoms in total. The van der Waals surface area contributed by atoms with Crippen LogP contribution in [0.2, 0.25) is 0 Å². The maximum atomic E-state index is 12.3. The lowest BCUT2D eigenvalue weighted by molar-refractivity contribution is -0.113. The van der Waals surface area contributed by atoms with Crippen LogP contribution in [0, 0.1) is 0 Å². The molecular weight excluding hydrogens is 412 g/mol. The van der Waals surface area contributed by atoms with Gasteiger partial charge in [0.05, 0.1) is 29.8 Å². The molecule has 3 rings (SSSR count). The molecule has 0 atom stereocenters.